The van der Waals surface area contributed by atoms with Crippen molar-refractivity contribution in [3.05, 3.63) is 101 Å². The van der Waals surface area contributed by atoms with E-state index in [1.165, 1.54) is 17.3 Å². The van der Waals surface area contributed by atoms with Gasteiger partial charge < -0.3 is 25.0 Å². The summed E-state index contributed by atoms with van der Waals surface area (Å²) < 4.78 is 5.98. The van der Waals surface area contributed by atoms with Gasteiger partial charge in [-0.3, -0.25) is 34.2 Å². The first kappa shape index (κ1) is 37.8. The topological polar surface area (TPSA) is 149 Å². The van der Waals surface area contributed by atoms with Crippen LogP contribution in [-0.4, -0.2) is 95.3 Å². The predicted molar refractivity (Wildman–Crippen MR) is 208 cm³/mol. The molecule has 12 heteroatoms. The zero-order valence-electron chi connectivity index (χ0n) is 31.1. The molecule has 12 nitrogen and oxygen atoms in total. The normalized spacial score (nSPS) is 20.5. The van der Waals surface area contributed by atoms with E-state index in [-0.39, 0.29) is 35.5 Å². The van der Waals surface area contributed by atoms with Gasteiger partial charge in [-0.05, 0) is 80.1 Å². The number of likely N-dealkylation sites (tertiary alicyclic amines) is 1. The van der Waals surface area contributed by atoms with Crippen LogP contribution in [0.15, 0.2) is 79.0 Å². The molecule has 0 aliphatic carbocycles. The molecule has 4 heterocycles. The molecule has 0 spiro atoms. The van der Waals surface area contributed by atoms with E-state index in [1.54, 1.807) is 42.5 Å². The highest BCUT2D eigenvalue weighted by Gasteiger charge is 2.45. The number of rotatable bonds is 18. The van der Waals surface area contributed by atoms with E-state index >= 15 is 0 Å². The van der Waals surface area contributed by atoms with Crippen molar-refractivity contribution < 1.29 is 33.8 Å². The van der Waals surface area contributed by atoms with Gasteiger partial charge in [-0.1, -0.05) is 49.9 Å². The Bertz CT molecular complexity index is 1960. The van der Waals surface area contributed by atoms with Gasteiger partial charge in [0.05, 0.1) is 23.3 Å². The fourth-order valence-electron chi connectivity index (χ4n) is 8.16. The maximum absolute atomic E-state index is 13.0. The number of benzene rings is 3. The van der Waals surface area contributed by atoms with Crippen molar-refractivity contribution in [2.75, 3.05) is 43.1 Å². The third kappa shape index (κ3) is 8.75. The zero-order valence-corrected chi connectivity index (χ0v) is 31.1. The smallest absolute Gasteiger partial charge is 0.262 e. The third-order valence-electron chi connectivity index (χ3n) is 11.1. The number of piperazine rings is 1. The van der Waals surface area contributed by atoms with Crippen molar-refractivity contribution in [3.63, 3.8) is 0 Å². The number of allylic oxidation sites excluding steroid dienone is 1. The first-order valence-corrected chi connectivity index (χ1v) is 19.6. The van der Waals surface area contributed by atoms with Gasteiger partial charge in [0, 0.05) is 68.4 Å². The highest BCUT2D eigenvalue weighted by molar-refractivity contribution is 6.23. The molecule has 4 amide bonds. The molecule has 288 valence electrons. The quantitative estimate of drug-likeness (QED) is 0.0663. The van der Waals surface area contributed by atoms with Crippen LogP contribution in [0.5, 0.6) is 5.75 Å². The maximum Gasteiger partial charge on any atom is 0.262 e. The summed E-state index contributed by atoms with van der Waals surface area (Å²) in [6.45, 7) is 4.00. The highest BCUT2D eigenvalue weighted by Crippen LogP contribution is 2.35. The molecule has 0 saturated carbocycles. The molecule has 3 saturated heterocycles. The van der Waals surface area contributed by atoms with Crippen LogP contribution in [-0.2, 0) is 20.7 Å². The Labute approximate surface area is 321 Å². The van der Waals surface area contributed by atoms with Gasteiger partial charge in [0.15, 0.2) is 5.78 Å². The van der Waals surface area contributed by atoms with Crippen LogP contribution in [0.1, 0.15) is 94.4 Å². The third-order valence-corrected chi connectivity index (χ3v) is 11.1. The lowest BCUT2D eigenvalue weighted by atomic mass is 10.0. The molecular weight excluding hydrogens is 699 g/mol. The summed E-state index contributed by atoms with van der Waals surface area (Å²) in [5.41, 5.74) is 4.16. The second-order valence-corrected chi connectivity index (χ2v) is 14.9. The average Bonchev–Trinajstić information content (AvgIpc) is 3.86. The van der Waals surface area contributed by atoms with E-state index in [0.29, 0.717) is 24.3 Å². The Morgan fingerprint density at radius 2 is 1.65 bits per heavy atom. The number of aromatic hydroxyl groups is 1. The number of anilines is 2. The minimum absolute atomic E-state index is 0.00690. The summed E-state index contributed by atoms with van der Waals surface area (Å²) >= 11 is 0. The summed E-state index contributed by atoms with van der Waals surface area (Å²) in [5, 5.41) is 15.6. The number of amides is 4. The van der Waals surface area contributed by atoms with Gasteiger partial charge in [0.1, 0.15) is 11.8 Å². The minimum atomic E-state index is -0.962. The molecule has 3 fully saturated rings. The monoisotopic (exact) mass is 747 g/mol. The summed E-state index contributed by atoms with van der Waals surface area (Å²) in [5.74, 6) is -2.17. The molecule has 7 rings (SSSR count). The molecule has 3 atom stereocenters. The molecule has 3 aromatic rings. The molecule has 55 heavy (non-hydrogen) atoms. The van der Waals surface area contributed by atoms with Gasteiger partial charge in [0.25, 0.3) is 11.8 Å². The minimum Gasteiger partial charge on any atom is -0.507 e. The zero-order chi connectivity index (χ0) is 38.3. The number of imide groups is 2. The fourth-order valence-corrected chi connectivity index (χ4v) is 8.16. The number of fused-ring (bicyclic) bond motifs is 3. The van der Waals surface area contributed by atoms with Gasteiger partial charge in [-0.15, -0.1) is 0 Å². The number of nitrogens with one attached hydrogen (secondary N) is 2. The van der Waals surface area contributed by atoms with Crippen LogP contribution in [0.25, 0.3) is 0 Å². The SMILES string of the molecule is O=C1CCC(N2C(=O)c3ccc(NCCCCCCCCOCCc4cccc(N5C[C@H]6C[C@@H]5CN6/C=C/C(=O)c5ccccc5O)c4)cc3C2=O)C(=O)N1. The first-order chi connectivity index (χ1) is 26.8. The van der Waals surface area contributed by atoms with Crippen LogP contribution in [0, 0.1) is 0 Å². The van der Waals surface area contributed by atoms with E-state index in [0.717, 1.165) is 88.2 Å². The maximum atomic E-state index is 13.0. The molecule has 3 aromatic carbocycles. The number of carbonyl (C=O) groups is 5. The number of para-hydroxylation sites is 1. The number of unbranched alkanes of at least 4 members (excludes halogenated alkanes) is 5. The Balaban J connectivity index is 0.733. The lowest BCUT2D eigenvalue weighted by Crippen LogP contribution is -2.54. The number of hydrogen-bond donors (Lipinski definition) is 3. The Morgan fingerprint density at radius 3 is 2.45 bits per heavy atom. The number of ether oxygens (including phenoxy) is 1. The van der Waals surface area contributed by atoms with E-state index in [1.807, 2.05) is 6.20 Å². The Morgan fingerprint density at radius 1 is 0.855 bits per heavy atom. The summed E-state index contributed by atoms with van der Waals surface area (Å²) in [7, 11) is 0. The molecule has 3 N–H and O–H groups in total. The molecule has 0 aromatic heterocycles. The number of hydrogen-bond acceptors (Lipinski definition) is 10. The van der Waals surface area contributed by atoms with Crippen molar-refractivity contribution >= 4 is 40.8 Å². The van der Waals surface area contributed by atoms with E-state index in [4.69, 9.17) is 4.74 Å². The van der Waals surface area contributed by atoms with Crippen LogP contribution in [0.2, 0.25) is 0 Å². The summed E-state index contributed by atoms with van der Waals surface area (Å²) in [6, 6.07) is 20.3. The van der Waals surface area contributed by atoms with Crippen molar-refractivity contribution in [1.29, 1.82) is 0 Å². The summed E-state index contributed by atoms with van der Waals surface area (Å²) in [4.78, 5) is 68.0. The van der Waals surface area contributed by atoms with Gasteiger partial charge in [0.2, 0.25) is 11.8 Å². The molecule has 4 aliphatic rings. The predicted octanol–water partition coefficient (Wildman–Crippen LogP) is 5.46. The average molecular weight is 748 g/mol. The van der Waals surface area contributed by atoms with Crippen LogP contribution < -0.4 is 15.5 Å². The molecular formula is C43H49N5O7. The summed E-state index contributed by atoms with van der Waals surface area (Å²) in [6.07, 6.45) is 12.2. The van der Waals surface area contributed by atoms with E-state index in [9.17, 15) is 29.1 Å². The molecule has 2 bridgehead atoms. The standard InChI is InChI=1S/C43H49N5O7/c49-38-13-6-5-12-35(38)39(50)18-21-46-27-33-26-32(46)28-47(33)31-11-9-10-29(24-31)19-23-55-22-8-4-2-1-3-7-20-44-30-14-15-34-36(25-30)43(54)48(42(34)53)37-16-17-40(51)45-41(37)52/h5-6,9-15,18,21,24-25,32-33,37,44,49H,1-4,7-8,16-17,19-20,22-23,26-28H2,(H,45,51,52)/b21-18+/t32-,33-,37?/m1/s1. The van der Waals surface area contributed by atoms with Crippen molar-refractivity contribution in [3.8, 4) is 5.75 Å². The number of phenols is 1. The van der Waals surface area contributed by atoms with E-state index in [2.05, 4.69) is 44.7 Å². The van der Waals surface area contributed by atoms with Crippen molar-refractivity contribution in [1.82, 2.24) is 15.1 Å². The number of nitrogens with zero attached hydrogens (tertiary/aromatic N) is 3. The second-order valence-electron chi connectivity index (χ2n) is 14.9. The largest absolute Gasteiger partial charge is 0.507 e. The van der Waals surface area contributed by atoms with Crippen molar-refractivity contribution in [2.45, 2.75) is 82.3 Å². The second kappa shape index (κ2) is 17.3. The van der Waals surface area contributed by atoms with Gasteiger partial charge >= 0.3 is 0 Å². The highest BCUT2D eigenvalue weighted by atomic mass is 16.5. The Hall–Kier alpha value is -5.49. The molecule has 1 unspecified atom stereocenters. The Kier molecular flexibility index (Phi) is 11.9. The fraction of sp³-hybridized carbons (Fsp3) is 0.419. The number of ketones is 1. The van der Waals surface area contributed by atoms with Crippen LogP contribution in [0.3, 0.4) is 0 Å². The lowest BCUT2D eigenvalue weighted by molar-refractivity contribution is -0.136. The molecule has 0 radical (unpaired) electrons. The van der Waals surface area contributed by atoms with E-state index < -0.39 is 29.7 Å². The van der Waals surface area contributed by atoms with Gasteiger partial charge in [-0.2, -0.15) is 0 Å². The molecule has 4 aliphatic heterocycles. The number of phenolic OH excluding ortho intramolecular Hbond substituents is 1. The van der Waals surface area contributed by atoms with Crippen LogP contribution >= 0.6 is 0 Å². The number of carbonyl (C=O) groups excluding carboxylic acids is 5. The number of piperidine rings is 1. The lowest BCUT2D eigenvalue weighted by Gasteiger charge is -2.35. The van der Waals surface area contributed by atoms with Crippen LogP contribution in [0.4, 0.5) is 11.4 Å². The first-order valence-electron chi connectivity index (χ1n) is 19.6. The van der Waals surface area contributed by atoms with Crippen molar-refractivity contribution in [2.24, 2.45) is 0 Å². The van der Waals surface area contributed by atoms with Gasteiger partial charge in [-0.25, -0.2) is 0 Å².